The van der Waals surface area contributed by atoms with Crippen LogP contribution in [0.25, 0.3) is 0 Å². The molecule has 59 heavy (non-hydrogen) atoms. The van der Waals surface area contributed by atoms with E-state index in [-0.39, 0.29) is 31.1 Å². The fourth-order valence-electron chi connectivity index (χ4n) is 6.29. The van der Waals surface area contributed by atoms with Gasteiger partial charge in [0.1, 0.15) is 13.2 Å². The van der Waals surface area contributed by atoms with Crippen LogP contribution in [-0.2, 0) is 28.6 Å². The third kappa shape index (κ3) is 45.5. The maximum absolute atomic E-state index is 12.8. The molecule has 0 N–H and O–H groups in total. The van der Waals surface area contributed by atoms with E-state index in [0.29, 0.717) is 19.3 Å². The average molecular weight is 821 g/mol. The predicted octanol–water partition coefficient (Wildman–Crippen LogP) is 15.6. The van der Waals surface area contributed by atoms with Crippen molar-refractivity contribution in [2.45, 2.75) is 219 Å². The summed E-state index contributed by atoms with van der Waals surface area (Å²) < 4.78 is 16.7. The molecule has 1 atom stereocenters. The van der Waals surface area contributed by atoms with Crippen LogP contribution >= 0.6 is 0 Å². The molecule has 0 aliphatic rings. The largest absolute Gasteiger partial charge is 0.462 e. The van der Waals surface area contributed by atoms with Gasteiger partial charge in [-0.2, -0.15) is 0 Å². The fraction of sp³-hybridized carbons (Fsp3) is 0.679. The van der Waals surface area contributed by atoms with Crippen molar-refractivity contribution in [3.05, 3.63) is 85.1 Å². The summed E-state index contributed by atoms with van der Waals surface area (Å²) in [7, 11) is 0. The summed E-state index contributed by atoms with van der Waals surface area (Å²) in [6.45, 7) is 6.31. The Hall–Kier alpha value is -3.41. The lowest BCUT2D eigenvalue weighted by Crippen LogP contribution is -2.30. The molecule has 0 heterocycles. The minimum Gasteiger partial charge on any atom is -0.462 e. The number of hydrogen-bond donors (Lipinski definition) is 0. The number of esters is 3. The number of ether oxygens (including phenoxy) is 3. The molecule has 0 aromatic rings. The van der Waals surface area contributed by atoms with Gasteiger partial charge < -0.3 is 14.2 Å². The van der Waals surface area contributed by atoms with E-state index < -0.39 is 6.10 Å². The molecule has 1 unspecified atom stereocenters. The van der Waals surface area contributed by atoms with Gasteiger partial charge in [-0.05, 0) is 96.3 Å². The van der Waals surface area contributed by atoms with E-state index in [1.165, 1.54) is 57.8 Å². The van der Waals surface area contributed by atoms with E-state index in [1.54, 1.807) is 0 Å². The zero-order valence-corrected chi connectivity index (χ0v) is 38.2. The molecule has 0 rings (SSSR count). The topological polar surface area (TPSA) is 78.9 Å². The second-order valence-corrected chi connectivity index (χ2v) is 15.6. The Morgan fingerprint density at radius 3 is 1.15 bits per heavy atom. The van der Waals surface area contributed by atoms with Gasteiger partial charge in [0.15, 0.2) is 6.10 Å². The Labute approximate surface area is 363 Å². The molecule has 6 nitrogen and oxygen atoms in total. The van der Waals surface area contributed by atoms with Crippen LogP contribution in [0.3, 0.4) is 0 Å². The highest BCUT2D eigenvalue weighted by atomic mass is 16.6. The molecular formula is C53H88O6. The van der Waals surface area contributed by atoms with Gasteiger partial charge in [-0.15, -0.1) is 0 Å². The van der Waals surface area contributed by atoms with Gasteiger partial charge in [-0.25, -0.2) is 0 Å². The first kappa shape index (κ1) is 55.6. The first-order chi connectivity index (χ1) is 29.0. The van der Waals surface area contributed by atoms with Crippen molar-refractivity contribution in [2.24, 2.45) is 0 Å². The van der Waals surface area contributed by atoms with E-state index in [4.69, 9.17) is 14.2 Å². The smallest absolute Gasteiger partial charge is 0.306 e. The first-order valence-electron chi connectivity index (χ1n) is 24.1. The van der Waals surface area contributed by atoms with E-state index in [2.05, 4.69) is 106 Å². The van der Waals surface area contributed by atoms with E-state index in [0.717, 1.165) is 116 Å². The predicted molar refractivity (Wildman–Crippen MR) is 251 cm³/mol. The minimum atomic E-state index is -0.796. The summed E-state index contributed by atoms with van der Waals surface area (Å²) in [6, 6.07) is 0. The summed E-state index contributed by atoms with van der Waals surface area (Å²) in [5, 5.41) is 0. The highest BCUT2D eigenvalue weighted by Crippen LogP contribution is 2.13. The normalized spacial score (nSPS) is 12.8. The van der Waals surface area contributed by atoms with Gasteiger partial charge in [-0.3, -0.25) is 14.4 Å². The minimum absolute atomic E-state index is 0.0963. The molecule has 0 radical (unpaired) electrons. The third-order valence-corrected chi connectivity index (χ3v) is 9.89. The Morgan fingerprint density at radius 1 is 0.373 bits per heavy atom. The monoisotopic (exact) mass is 821 g/mol. The number of hydrogen-bond acceptors (Lipinski definition) is 6. The van der Waals surface area contributed by atoms with Crippen molar-refractivity contribution in [1.29, 1.82) is 0 Å². The Kier molecular flexibility index (Phi) is 44.5. The molecule has 0 aromatic carbocycles. The summed E-state index contributed by atoms with van der Waals surface area (Å²) >= 11 is 0. The Morgan fingerprint density at radius 2 is 0.712 bits per heavy atom. The zero-order valence-electron chi connectivity index (χ0n) is 38.2. The van der Waals surface area contributed by atoms with Gasteiger partial charge >= 0.3 is 17.9 Å². The molecule has 0 aliphatic carbocycles. The molecule has 0 aromatic heterocycles. The summed E-state index contributed by atoms with van der Waals surface area (Å²) in [6.07, 6.45) is 59.9. The van der Waals surface area contributed by atoms with Crippen molar-refractivity contribution in [3.63, 3.8) is 0 Å². The molecular weight excluding hydrogens is 733 g/mol. The summed E-state index contributed by atoms with van der Waals surface area (Å²) in [5.41, 5.74) is 0. The van der Waals surface area contributed by atoms with Gasteiger partial charge in [0.2, 0.25) is 0 Å². The lowest BCUT2D eigenvalue weighted by Gasteiger charge is -2.18. The zero-order chi connectivity index (χ0) is 43.0. The summed E-state index contributed by atoms with van der Waals surface area (Å²) in [5.74, 6) is -0.951. The van der Waals surface area contributed by atoms with Crippen LogP contribution in [0.15, 0.2) is 85.1 Å². The van der Waals surface area contributed by atoms with E-state index >= 15 is 0 Å². The average Bonchev–Trinajstić information content (AvgIpc) is 3.23. The maximum Gasteiger partial charge on any atom is 0.306 e. The van der Waals surface area contributed by atoms with Crippen LogP contribution in [0.4, 0.5) is 0 Å². The van der Waals surface area contributed by atoms with Crippen LogP contribution in [0.5, 0.6) is 0 Å². The van der Waals surface area contributed by atoms with Crippen molar-refractivity contribution in [1.82, 2.24) is 0 Å². The quantitative estimate of drug-likeness (QED) is 0.0201. The van der Waals surface area contributed by atoms with Gasteiger partial charge in [0.25, 0.3) is 0 Å². The van der Waals surface area contributed by atoms with Crippen molar-refractivity contribution < 1.29 is 28.6 Å². The van der Waals surface area contributed by atoms with Crippen molar-refractivity contribution >= 4 is 17.9 Å². The second-order valence-electron chi connectivity index (χ2n) is 15.6. The molecule has 0 aliphatic heterocycles. The molecule has 0 spiro atoms. The third-order valence-electron chi connectivity index (χ3n) is 9.89. The standard InChI is InChI=1S/C53H88O6/c1-4-7-10-13-16-19-22-24-26-27-29-31-34-37-40-43-46-52(55)58-49-50(48-57-51(54)45-42-39-36-33-30-21-18-15-12-9-6-3)59-53(56)47-44-41-38-35-32-28-25-23-20-17-14-11-8-5-2/h7-8,10-11,15-21,24,26,30,50H,4-6,9,12-14,22-23,25,27-29,31-49H2,1-3H3/b10-7-,11-8-,18-15-,19-16-,20-17-,26-24-,30-21-. The highest BCUT2D eigenvalue weighted by Gasteiger charge is 2.19. The second kappa shape index (κ2) is 47.3. The number of carbonyl (C=O) groups excluding carboxylic acids is 3. The van der Waals surface area contributed by atoms with Crippen molar-refractivity contribution in [3.8, 4) is 0 Å². The number of carbonyl (C=O) groups is 3. The number of rotatable bonds is 42. The number of allylic oxidation sites excluding steroid dienone is 14. The van der Waals surface area contributed by atoms with Crippen LogP contribution in [-0.4, -0.2) is 37.2 Å². The van der Waals surface area contributed by atoms with Gasteiger partial charge in [-0.1, -0.05) is 183 Å². The summed E-state index contributed by atoms with van der Waals surface area (Å²) in [4.78, 5) is 37.8. The van der Waals surface area contributed by atoms with Crippen molar-refractivity contribution in [2.75, 3.05) is 13.2 Å². The van der Waals surface area contributed by atoms with E-state index in [1.807, 2.05) is 0 Å². The molecule has 0 amide bonds. The first-order valence-corrected chi connectivity index (χ1v) is 24.1. The molecule has 336 valence electrons. The Bertz CT molecular complexity index is 1170. The molecule has 0 fully saturated rings. The van der Waals surface area contributed by atoms with Gasteiger partial charge in [0, 0.05) is 19.3 Å². The van der Waals surface area contributed by atoms with Crippen LogP contribution in [0.1, 0.15) is 213 Å². The van der Waals surface area contributed by atoms with E-state index in [9.17, 15) is 14.4 Å². The van der Waals surface area contributed by atoms with Crippen LogP contribution in [0, 0.1) is 0 Å². The lowest BCUT2D eigenvalue weighted by molar-refractivity contribution is -0.167. The Balaban J connectivity index is 4.44. The fourth-order valence-corrected chi connectivity index (χ4v) is 6.29. The maximum atomic E-state index is 12.8. The lowest BCUT2D eigenvalue weighted by atomic mass is 10.1. The van der Waals surface area contributed by atoms with Gasteiger partial charge in [0.05, 0.1) is 0 Å². The SMILES string of the molecule is CC/C=C\C/C=C\C/C=C\CCCCCCCCC(=O)OCC(COC(=O)CCCCC/C=C\C=C/CCCC)OC(=O)CCCCCCCCC/C=C\C/C=C\CC. The molecule has 6 heteroatoms. The highest BCUT2D eigenvalue weighted by molar-refractivity contribution is 5.71. The molecule has 0 saturated carbocycles. The molecule has 0 bridgehead atoms. The molecule has 0 saturated heterocycles. The van der Waals surface area contributed by atoms with Crippen LogP contribution < -0.4 is 0 Å². The van der Waals surface area contributed by atoms with Crippen LogP contribution in [0.2, 0.25) is 0 Å². The number of unbranched alkanes of at least 4 members (excludes halogenated alkanes) is 18.